The highest BCUT2D eigenvalue weighted by Crippen LogP contribution is 2.32. The summed E-state index contributed by atoms with van der Waals surface area (Å²) in [5.41, 5.74) is 5.02. The fraction of sp³-hybridized carbons (Fsp3) is 0.0870. The first-order chi connectivity index (χ1) is 17.4. The molecule has 2 N–H and O–H groups in total. The molecule has 0 radical (unpaired) electrons. The topological polar surface area (TPSA) is 157 Å². The molecule has 0 aliphatic heterocycles. The Kier molecular flexibility index (Phi) is 5.78. The maximum absolute atomic E-state index is 14.1. The fourth-order valence-electron chi connectivity index (χ4n) is 3.50. The minimum absolute atomic E-state index is 0.0180. The normalized spacial score (nSPS) is 11.3. The van der Waals surface area contributed by atoms with Gasteiger partial charge in [-0.1, -0.05) is 12.1 Å². The Labute approximate surface area is 202 Å². The Bertz CT molecular complexity index is 1630. The summed E-state index contributed by atoms with van der Waals surface area (Å²) in [6, 6.07) is 12.8. The number of hydrazone groups is 1. The van der Waals surface area contributed by atoms with E-state index in [9.17, 15) is 14.5 Å². The highest BCUT2D eigenvalue weighted by molar-refractivity contribution is 5.81. The van der Waals surface area contributed by atoms with Crippen LogP contribution in [0.3, 0.4) is 0 Å². The lowest BCUT2D eigenvalue weighted by molar-refractivity contribution is -0.385. The molecule has 0 bridgehead atoms. The number of nitrogens with one attached hydrogen (secondary N) is 2. The van der Waals surface area contributed by atoms with E-state index >= 15 is 0 Å². The van der Waals surface area contributed by atoms with Crippen LogP contribution in [0, 0.1) is 29.8 Å². The molecule has 2 aromatic carbocycles. The number of furan rings is 1. The summed E-state index contributed by atoms with van der Waals surface area (Å²) < 4.78 is 24.6. The van der Waals surface area contributed by atoms with E-state index < -0.39 is 10.7 Å². The van der Waals surface area contributed by atoms with Gasteiger partial charge in [-0.3, -0.25) is 15.5 Å². The predicted molar refractivity (Wildman–Crippen MR) is 129 cm³/mol. The lowest BCUT2D eigenvalue weighted by Crippen LogP contribution is -2.04. The zero-order valence-electron chi connectivity index (χ0n) is 18.9. The average molecular weight is 488 g/mol. The largest absolute Gasteiger partial charge is 0.455 e. The van der Waals surface area contributed by atoms with E-state index in [1.165, 1.54) is 24.4 Å². The molecule has 0 unspecified atom stereocenters. The van der Waals surface area contributed by atoms with Crippen molar-refractivity contribution in [2.24, 2.45) is 5.10 Å². The molecule has 5 aromatic rings. The molecular weight excluding hydrogens is 471 g/mol. The molecule has 0 spiro atoms. The van der Waals surface area contributed by atoms with Crippen molar-refractivity contribution in [3.8, 4) is 11.3 Å². The molecule has 0 saturated heterocycles. The van der Waals surface area contributed by atoms with Crippen LogP contribution >= 0.6 is 0 Å². The second kappa shape index (κ2) is 9.21. The molecule has 0 fully saturated rings. The van der Waals surface area contributed by atoms with Crippen LogP contribution < -0.4 is 10.7 Å². The molecule has 180 valence electrons. The van der Waals surface area contributed by atoms with Crippen molar-refractivity contribution in [1.82, 2.24) is 20.3 Å². The molecule has 3 aromatic heterocycles. The van der Waals surface area contributed by atoms with E-state index in [0.717, 1.165) is 5.56 Å². The van der Waals surface area contributed by atoms with Crippen molar-refractivity contribution in [3.63, 3.8) is 0 Å². The van der Waals surface area contributed by atoms with Crippen LogP contribution in [0.4, 0.5) is 27.4 Å². The van der Waals surface area contributed by atoms with Gasteiger partial charge in [0.1, 0.15) is 17.3 Å². The summed E-state index contributed by atoms with van der Waals surface area (Å²) >= 11 is 0. The fourth-order valence-corrected chi connectivity index (χ4v) is 3.50. The van der Waals surface area contributed by atoms with Crippen molar-refractivity contribution in [2.45, 2.75) is 13.8 Å². The molecule has 0 saturated carbocycles. The number of nitrogens with zero attached hydrogens (tertiary/aromatic N) is 6. The number of hydrogen-bond acceptors (Lipinski definition) is 11. The lowest BCUT2D eigenvalue weighted by Gasteiger charge is -2.09. The highest BCUT2D eigenvalue weighted by Gasteiger charge is 2.18. The van der Waals surface area contributed by atoms with Gasteiger partial charge < -0.3 is 9.73 Å². The third kappa shape index (κ3) is 4.44. The molecule has 12 nitrogen and oxygen atoms in total. The molecule has 13 heteroatoms. The quantitative estimate of drug-likeness (QED) is 0.179. The number of nitro benzene ring substituents is 1. The van der Waals surface area contributed by atoms with Crippen molar-refractivity contribution < 1.29 is 18.4 Å². The number of para-hydroxylation sites is 1. The van der Waals surface area contributed by atoms with Gasteiger partial charge in [0.2, 0.25) is 11.3 Å². The average Bonchev–Trinajstić information content (AvgIpc) is 3.51. The van der Waals surface area contributed by atoms with Gasteiger partial charge in [0.05, 0.1) is 16.8 Å². The van der Waals surface area contributed by atoms with Crippen molar-refractivity contribution in [1.29, 1.82) is 0 Å². The SMILES string of the molecule is Cc1cc(-c2ccc(/C=N/Nc3nc4nonc4nc3Nc3ccccc3F)o2)c(C)c([N+](=O)[O-])c1. The number of rotatable bonds is 7. The summed E-state index contributed by atoms with van der Waals surface area (Å²) in [4.78, 5) is 19.5. The van der Waals surface area contributed by atoms with Crippen LogP contribution in [0.1, 0.15) is 16.9 Å². The Hall–Kier alpha value is -5.20. The van der Waals surface area contributed by atoms with E-state index in [-0.39, 0.29) is 34.3 Å². The smallest absolute Gasteiger partial charge is 0.273 e. The molecule has 5 rings (SSSR count). The summed E-state index contributed by atoms with van der Waals surface area (Å²) in [6.07, 6.45) is 1.39. The second-order valence-corrected chi connectivity index (χ2v) is 7.72. The summed E-state index contributed by atoms with van der Waals surface area (Å²) in [5.74, 6) is 0.624. The minimum Gasteiger partial charge on any atom is -0.455 e. The first-order valence-electron chi connectivity index (χ1n) is 10.6. The van der Waals surface area contributed by atoms with Crippen LogP contribution in [0.5, 0.6) is 0 Å². The van der Waals surface area contributed by atoms with Crippen molar-refractivity contribution in [2.75, 3.05) is 10.7 Å². The van der Waals surface area contributed by atoms with Gasteiger partial charge >= 0.3 is 0 Å². The van der Waals surface area contributed by atoms with E-state index in [4.69, 9.17) is 4.42 Å². The van der Waals surface area contributed by atoms with Crippen molar-refractivity contribution >= 4 is 40.5 Å². The highest BCUT2D eigenvalue weighted by atomic mass is 19.1. The third-order valence-corrected chi connectivity index (χ3v) is 5.22. The van der Waals surface area contributed by atoms with Crippen LogP contribution in [-0.4, -0.2) is 31.4 Å². The van der Waals surface area contributed by atoms with Gasteiger partial charge in [0, 0.05) is 17.2 Å². The van der Waals surface area contributed by atoms with Gasteiger partial charge in [0.15, 0.2) is 11.6 Å². The molecule has 0 amide bonds. The van der Waals surface area contributed by atoms with Gasteiger partial charge in [-0.05, 0) is 60.1 Å². The number of anilines is 3. The third-order valence-electron chi connectivity index (χ3n) is 5.22. The lowest BCUT2D eigenvalue weighted by atomic mass is 10.0. The number of hydrogen-bond donors (Lipinski definition) is 2. The zero-order chi connectivity index (χ0) is 25.2. The molecule has 0 aliphatic rings. The molecular formula is C23H17FN8O4. The maximum Gasteiger partial charge on any atom is 0.273 e. The van der Waals surface area contributed by atoms with Gasteiger partial charge in [-0.15, -0.1) is 0 Å². The monoisotopic (exact) mass is 488 g/mol. The Morgan fingerprint density at radius 1 is 1.06 bits per heavy atom. The van der Waals surface area contributed by atoms with Crippen LogP contribution in [-0.2, 0) is 0 Å². The van der Waals surface area contributed by atoms with E-state index in [2.05, 4.69) is 40.8 Å². The van der Waals surface area contributed by atoms with Gasteiger partial charge in [-0.25, -0.2) is 14.0 Å². The Morgan fingerprint density at radius 2 is 1.81 bits per heavy atom. The zero-order valence-corrected chi connectivity index (χ0v) is 18.9. The van der Waals surface area contributed by atoms with Crippen LogP contribution in [0.25, 0.3) is 22.6 Å². The molecule has 36 heavy (non-hydrogen) atoms. The van der Waals surface area contributed by atoms with Crippen molar-refractivity contribution in [3.05, 3.63) is 81.3 Å². The summed E-state index contributed by atoms with van der Waals surface area (Å²) in [6.45, 7) is 3.45. The number of benzene rings is 2. The van der Waals surface area contributed by atoms with Crippen LogP contribution in [0.2, 0.25) is 0 Å². The molecule has 3 heterocycles. The standard InChI is InChI=1S/C23H17FN8O4/c1-12-9-15(13(2)18(10-12)32(33)34)19-8-7-14(35-19)11-25-29-21-20(26-17-6-4-3-5-16(17)24)27-22-23(28-21)31-36-30-22/h3-11H,1-2H3,(H,26,27,30)(H,28,29,31)/b25-11+. The molecule has 0 atom stereocenters. The Balaban J connectivity index is 1.40. The number of aromatic nitrogens is 4. The first-order valence-corrected chi connectivity index (χ1v) is 10.6. The maximum atomic E-state index is 14.1. The first kappa shape index (κ1) is 22.6. The number of halogens is 1. The van der Waals surface area contributed by atoms with E-state index in [1.807, 2.05) is 6.07 Å². The number of aryl methyl sites for hydroxylation is 1. The van der Waals surface area contributed by atoms with Crippen LogP contribution in [0.15, 0.2) is 62.7 Å². The summed E-state index contributed by atoms with van der Waals surface area (Å²) in [7, 11) is 0. The van der Waals surface area contributed by atoms with Gasteiger partial charge in [0.25, 0.3) is 5.69 Å². The number of fused-ring (bicyclic) bond motifs is 1. The second-order valence-electron chi connectivity index (χ2n) is 7.72. The van der Waals surface area contributed by atoms with Gasteiger partial charge in [-0.2, -0.15) is 10.1 Å². The Morgan fingerprint density at radius 3 is 2.56 bits per heavy atom. The van der Waals surface area contributed by atoms with E-state index in [0.29, 0.717) is 22.6 Å². The summed E-state index contributed by atoms with van der Waals surface area (Å²) in [5, 5.41) is 25.7. The predicted octanol–water partition coefficient (Wildman–Crippen LogP) is 5.13. The number of nitro groups is 1. The molecule has 0 aliphatic carbocycles. The minimum atomic E-state index is -0.484. The van der Waals surface area contributed by atoms with E-state index in [1.54, 1.807) is 38.1 Å².